The van der Waals surface area contributed by atoms with Crippen LogP contribution < -0.4 is 10.6 Å². The normalized spacial score (nSPS) is 22.6. The van der Waals surface area contributed by atoms with E-state index >= 15 is 0 Å². The first-order valence-electron chi connectivity index (χ1n) is 7.38. The molecular formula is C14H30N2O. The van der Waals surface area contributed by atoms with Crippen LogP contribution in [0.5, 0.6) is 0 Å². The van der Waals surface area contributed by atoms with Crippen molar-refractivity contribution in [3.05, 3.63) is 0 Å². The molecule has 0 saturated carbocycles. The third-order valence-electron chi connectivity index (χ3n) is 3.35. The molecule has 0 aromatic heterocycles. The van der Waals surface area contributed by atoms with E-state index in [1.165, 1.54) is 38.5 Å². The van der Waals surface area contributed by atoms with Gasteiger partial charge in [-0.2, -0.15) is 0 Å². The molecule has 0 bridgehead atoms. The predicted octanol–water partition coefficient (Wildman–Crippen LogP) is 2.31. The van der Waals surface area contributed by atoms with Crippen LogP contribution in [0.1, 0.15) is 52.4 Å². The summed E-state index contributed by atoms with van der Waals surface area (Å²) in [6.07, 6.45) is 8.10. The quantitative estimate of drug-likeness (QED) is 0.609. The van der Waals surface area contributed by atoms with Crippen LogP contribution in [0, 0.1) is 0 Å². The summed E-state index contributed by atoms with van der Waals surface area (Å²) in [4.78, 5) is 0. The molecule has 2 unspecified atom stereocenters. The van der Waals surface area contributed by atoms with Crippen molar-refractivity contribution in [2.75, 3.05) is 26.2 Å². The Kier molecular flexibility index (Phi) is 8.67. The Bertz CT molecular complexity index is 170. The third kappa shape index (κ3) is 7.74. The van der Waals surface area contributed by atoms with Crippen molar-refractivity contribution in [2.45, 2.75) is 64.5 Å². The molecule has 0 radical (unpaired) electrons. The van der Waals surface area contributed by atoms with Gasteiger partial charge in [-0.15, -0.1) is 0 Å². The first-order valence-corrected chi connectivity index (χ1v) is 7.38. The highest BCUT2D eigenvalue weighted by molar-refractivity contribution is 4.67. The summed E-state index contributed by atoms with van der Waals surface area (Å²) in [7, 11) is 0. The van der Waals surface area contributed by atoms with Crippen molar-refractivity contribution in [2.24, 2.45) is 0 Å². The minimum Gasteiger partial charge on any atom is -0.378 e. The Morgan fingerprint density at radius 1 is 1.29 bits per heavy atom. The van der Waals surface area contributed by atoms with Crippen LogP contribution in [0.25, 0.3) is 0 Å². The SMILES string of the molecule is CCCNCC(C)NCCCC1CCCCO1. The van der Waals surface area contributed by atoms with E-state index in [0.717, 1.165) is 26.2 Å². The van der Waals surface area contributed by atoms with Gasteiger partial charge in [0.25, 0.3) is 0 Å². The Balaban J connectivity index is 1.88. The molecule has 17 heavy (non-hydrogen) atoms. The number of hydrogen-bond donors (Lipinski definition) is 2. The van der Waals surface area contributed by atoms with Gasteiger partial charge in [0.05, 0.1) is 6.10 Å². The maximum Gasteiger partial charge on any atom is 0.0575 e. The molecule has 3 heteroatoms. The zero-order valence-corrected chi connectivity index (χ0v) is 11.6. The van der Waals surface area contributed by atoms with Gasteiger partial charge in [-0.05, 0) is 58.5 Å². The molecule has 1 aliphatic rings. The van der Waals surface area contributed by atoms with E-state index in [-0.39, 0.29) is 0 Å². The summed E-state index contributed by atoms with van der Waals surface area (Å²) >= 11 is 0. The third-order valence-corrected chi connectivity index (χ3v) is 3.35. The van der Waals surface area contributed by atoms with E-state index in [9.17, 15) is 0 Å². The zero-order chi connectivity index (χ0) is 12.3. The van der Waals surface area contributed by atoms with Gasteiger partial charge in [0.15, 0.2) is 0 Å². The highest BCUT2D eigenvalue weighted by atomic mass is 16.5. The molecule has 0 amide bonds. The van der Waals surface area contributed by atoms with Gasteiger partial charge in [0.1, 0.15) is 0 Å². The molecule has 1 saturated heterocycles. The second-order valence-electron chi connectivity index (χ2n) is 5.19. The van der Waals surface area contributed by atoms with Crippen LogP contribution in [-0.2, 0) is 4.74 Å². The van der Waals surface area contributed by atoms with Gasteiger partial charge in [-0.3, -0.25) is 0 Å². The minimum atomic E-state index is 0.541. The second kappa shape index (κ2) is 9.86. The van der Waals surface area contributed by atoms with Gasteiger partial charge in [-0.25, -0.2) is 0 Å². The van der Waals surface area contributed by atoms with Gasteiger partial charge >= 0.3 is 0 Å². The van der Waals surface area contributed by atoms with Crippen molar-refractivity contribution >= 4 is 0 Å². The van der Waals surface area contributed by atoms with Crippen LogP contribution in [0.15, 0.2) is 0 Å². The smallest absolute Gasteiger partial charge is 0.0575 e. The molecule has 1 rings (SSSR count). The molecule has 1 fully saturated rings. The Morgan fingerprint density at radius 3 is 2.88 bits per heavy atom. The largest absolute Gasteiger partial charge is 0.378 e. The first kappa shape index (κ1) is 14.9. The van der Waals surface area contributed by atoms with Crippen molar-refractivity contribution < 1.29 is 4.74 Å². The lowest BCUT2D eigenvalue weighted by Crippen LogP contribution is -2.37. The molecular weight excluding hydrogens is 212 g/mol. The molecule has 102 valence electrons. The molecule has 0 spiro atoms. The van der Waals surface area contributed by atoms with E-state index in [4.69, 9.17) is 4.74 Å². The number of rotatable bonds is 9. The molecule has 3 nitrogen and oxygen atoms in total. The summed E-state index contributed by atoms with van der Waals surface area (Å²) in [6.45, 7) is 8.76. The molecule has 2 atom stereocenters. The summed E-state index contributed by atoms with van der Waals surface area (Å²) in [5.41, 5.74) is 0. The van der Waals surface area contributed by atoms with E-state index < -0.39 is 0 Å². The Morgan fingerprint density at radius 2 is 2.18 bits per heavy atom. The lowest BCUT2D eigenvalue weighted by Gasteiger charge is -2.23. The standard InChI is InChI=1S/C14H30N2O/c1-3-9-15-12-13(2)16-10-6-8-14-7-4-5-11-17-14/h13-16H,3-12H2,1-2H3. The van der Waals surface area contributed by atoms with Gasteiger partial charge < -0.3 is 15.4 Å². The van der Waals surface area contributed by atoms with Crippen molar-refractivity contribution in [1.29, 1.82) is 0 Å². The average molecular weight is 242 g/mol. The average Bonchev–Trinajstić information content (AvgIpc) is 2.36. The summed E-state index contributed by atoms with van der Waals surface area (Å²) < 4.78 is 5.72. The molecule has 1 heterocycles. The van der Waals surface area contributed by atoms with Crippen LogP contribution in [0.3, 0.4) is 0 Å². The maximum atomic E-state index is 5.72. The number of hydrogen-bond acceptors (Lipinski definition) is 3. The van der Waals surface area contributed by atoms with E-state index in [1.807, 2.05) is 0 Å². The topological polar surface area (TPSA) is 33.3 Å². The molecule has 2 N–H and O–H groups in total. The first-order chi connectivity index (χ1) is 8.33. The van der Waals surface area contributed by atoms with Gasteiger partial charge in [0.2, 0.25) is 0 Å². The highest BCUT2D eigenvalue weighted by Gasteiger charge is 2.12. The number of nitrogens with one attached hydrogen (secondary N) is 2. The number of ether oxygens (including phenoxy) is 1. The maximum absolute atomic E-state index is 5.72. The Labute approximate surface area is 107 Å². The lowest BCUT2D eigenvalue weighted by molar-refractivity contribution is 0.0101. The minimum absolute atomic E-state index is 0.541. The lowest BCUT2D eigenvalue weighted by atomic mass is 10.0. The van der Waals surface area contributed by atoms with Gasteiger partial charge in [0, 0.05) is 19.2 Å². The van der Waals surface area contributed by atoms with Crippen molar-refractivity contribution in [3.8, 4) is 0 Å². The molecule has 0 aromatic rings. The highest BCUT2D eigenvalue weighted by Crippen LogP contribution is 2.16. The fourth-order valence-electron chi connectivity index (χ4n) is 2.28. The monoisotopic (exact) mass is 242 g/mol. The van der Waals surface area contributed by atoms with Crippen LogP contribution in [0.4, 0.5) is 0 Å². The predicted molar refractivity (Wildman–Crippen MR) is 73.5 cm³/mol. The molecule has 1 aliphatic heterocycles. The molecule has 0 aliphatic carbocycles. The van der Waals surface area contributed by atoms with E-state index in [0.29, 0.717) is 12.1 Å². The molecule has 0 aromatic carbocycles. The van der Waals surface area contributed by atoms with Crippen LogP contribution in [-0.4, -0.2) is 38.4 Å². The second-order valence-corrected chi connectivity index (χ2v) is 5.19. The van der Waals surface area contributed by atoms with E-state index in [2.05, 4.69) is 24.5 Å². The van der Waals surface area contributed by atoms with Gasteiger partial charge in [-0.1, -0.05) is 6.92 Å². The van der Waals surface area contributed by atoms with Crippen molar-refractivity contribution in [1.82, 2.24) is 10.6 Å². The summed E-state index contributed by atoms with van der Waals surface area (Å²) in [5, 5.41) is 7.00. The zero-order valence-electron chi connectivity index (χ0n) is 11.6. The summed E-state index contributed by atoms with van der Waals surface area (Å²) in [6, 6.07) is 0.578. The fourth-order valence-corrected chi connectivity index (χ4v) is 2.28. The van der Waals surface area contributed by atoms with Crippen LogP contribution >= 0.6 is 0 Å². The van der Waals surface area contributed by atoms with E-state index in [1.54, 1.807) is 0 Å². The fraction of sp³-hybridized carbons (Fsp3) is 1.00. The van der Waals surface area contributed by atoms with Crippen molar-refractivity contribution in [3.63, 3.8) is 0 Å². The van der Waals surface area contributed by atoms with Crippen LogP contribution in [0.2, 0.25) is 0 Å². The Hall–Kier alpha value is -0.120. The summed E-state index contributed by atoms with van der Waals surface area (Å²) in [5.74, 6) is 0.